The van der Waals surface area contributed by atoms with Gasteiger partial charge in [-0.05, 0) is 52.9 Å². The number of carbonyl (C=O) groups excluding carboxylic acids is 1. The molecule has 3 aromatic carbocycles. The topological polar surface area (TPSA) is 55.8 Å². The maximum atomic E-state index is 11.5. The van der Waals surface area contributed by atoms with Crippen molar-refractivity contribution in [2.24, 2.45) is 0 Å². The Bertz CT molecular complexity index is 1060. The minimum absolute atomic E-state index is 0.226. The summed E-state index contributed by atoms with van der Waals surface area (Å²) in [7, 11) is 0. The van der Waals surface area contributed by atoms with E-state index in [1.807, 2.05) is 60.7 Å². The van der Waals surface area contributed by atoms with E-state index in [1.165, 1.54) is 0 Å². The second-order valence-corrected chi connectivity index (χ2v) is 7.97. The number of hydrogen-bond donors (Lipinski definition) is 1. The maximum Gasteiger partial charge on any atom is 0.184 e. The molecule has 0 aliphatic carbocycles. The van der Waals surface area contributed by atoms with Crippen molar-refractivity contribution in [2.75, 3.05) is 0 Å². The third-order valence-electron chi connectivity index (χ3n) is 5.27. The van der Waals surface area contributed by atoms with Crippen LogP contribution < -0.4 is 0 Å². The fraction of sp³-hybridized carbons (Fsp3) is 0.192. The van der Waals surface area contributed by atoms with Crippen molar-refractivity contribution in [3.8, 4) is 5.75 Å². The van der Waals surface area contributed by atoms with E-state index in [-0.39, 0.29) is 23.7 Å². The van der Waals surface area contributed by atoms with Crippen molar-refractivity contribution >= 4 is 17.9 Å². The first-order chi connectivity index (χ1) is 15.1. The smallest absolute Gasteiger partial charge is 0.184 e. The molecule has 0 radical (unpaired) electrons. The number of aromatic hydroxyl groups is 1. The van der Waals surface area contributed by atoms with Crippen molar-refractivity contribution in [3.05, 3.63) is 112 Å². The standard InChI is InChI=1S/C26H23ClO4/c27-25-11-8-20(13-21(25)12-18-6-9-22(29)10-7-18)26-15-23(14-24(16-28)31-26)30-17-19-4-2-1-3-5-19/h1-11,13-14,16,23,26,29H,12,15,17H2. The zero-order valence-electron chi connectivity index (χ0n) is 16.9. The number of halogens is 1. The molecule has 0 bridgehead atoms. The zero-order chi connectivity index (χ0) is 21.6. The van der Waals surface area contributed by atoms with E-state index < -0.39 is 0 Å². The van der Waals surface area contributed by atoms with Gasteiger partial charge in [0, 0.05) is 11.4 Å². The number of phenols is 1. The Labute approximate surface area is 186 Å². The van der Waals surface area contributed by atoms with Gasteiger partial charge in [-0.3, -0.25) is 4.79 Å². The van der Waals surface area contributed by atoms with Crippen LogP contribution in [0.3, 0.4) is 0 Å². The molecule has 158 valence electrons. The summed E-state index contributed by atoms with van der Waals surface area (Å²) in [6.07, 6.45) is 3.16. The van der Waals surface area contributed by atoms with Gasteiger partial charge < -0.3 is 14.6 Å². The van der Waals surface area contributed by atoms with E-state index >= 15 is 0 Å². The number of benzene rings is 3. The van der Waals surface area contributed by atoms with Crippen LogP contribution in [0.4, 0.5) is 0 Å². The van der Waals surface area contributed by atoms with Crippen LogP contribution in [-0.4, -0.2) is 17.5 Å². The predicted octanol–water partition coefficient (Wildman–Crippen LogP) is 5.77. The quantitative estimate of drug-likeness (QED) is 0.480. The number of hydrogen-bond acceptors (Lipinski definition) is 4. The highest BCUT2D eigenvalue weighted by Gasteiger charge is 2.26. The molecule has 0 amide bonds. The molecule has 3 aromatic rings. The Morgan fingerprint density at radius 1 is 1.03 bits per heavy atom. The monoisotopic (exact) mass is 434 g/mol. The molecule has 2 atom stereocenters. The number of aldehydes is 1. The van der Waals surface area contributed by atoms with Crippen LogP contribution in [0.15, 0.2) is 84.6 Å². The Kier molecular flexibility index (Phi) is 6.70. The van der Waals surface area contributed by atoms with Crippen molar-refractivity contribution in [3.63, 3.8) is 0 Å². The first kappa shape index (κ1) is 21.2. The summed E-state index contributed by atoms with van der Waals surface area (Å²) >= 11 is 6.44. The average molecular weight is 435 g/mol. The molecule has 4 rings (SSSR count). The molecule has 31 heavy (non-hydrogen) atoms. The molecular weight excluding hydrogens is 412 g/mol. The Balaban J connectivity index is 1.50. The van der Waals surface area contributed by atoms with Crippen LogP contribution in [0.1, 0.15) is 34.8 Å². The van der Waals surface area contributed by atoms with Crippen molar-refractivity contribution in [2.45, 2.75) is 31.7 Å². The lowest BCUT2D eigenvalue weighted by Gasteiger charge is -2.28. The van der Waals surface area contributed by atoms with E-state index in [0.29, 0.717) is 24.5 Å². The van der Waals surface area contributed by atoms with Crippen LogP contribution in [-0.2, 0) is 27.3 Å². The third-order valence-corrected chi connectivity index (χ3v) is 5.64. The summed E-state index contributed by atoms with van der Waals surface area (Å²) in [5, 5.41) is 10.2. The summed E-state index contributed by atoms with van der Waals surface area (Å²) in [4.78, 5) is 11.5. The van der Waals surface area contributed by atoms with Crippen LogP contribution in [0.2, 0.25) is 5.02 Å². The fourth-order valence-corrected chi connectivity index (χ4v) is 3.83. The number of carbonyl (C=O) groups is 1. The second kappa shape index (κ2) is 9.82. The number of allylic oxidation sites excluding steroid dienone is 1. The third kappa shape index (κ3) is 5.54. The first-order valence-electron chi connectivity index (χ1n) is 10.2. The molecule has 1 N–H and O–H groups in total. The van der Waals surface area contributed by atoms with Gasteiger partial charge in [-0.15, -0.1) is 0 Å². The largest absolute Gasteiger partial charge is 0.508 e. The highest BCUT2D eigenvalue weighted by atomic mass is 35.5. The molecule has 2 unspecified atom stereocenters. The molecule has 0 aromatic heterocycles. The lowest BCUT2D eigenvalue weighted by atomic mass is 9.96. The second-order valence-electron chi connectivity index (χ2n) is 7.56. The average Bonchev–Trinajstić information content (AvgIpc) is 2.81. The molecular formula is C26H23ClO4. The Morgan fingerprint density at radius 2 is 1.81 bits per heavy atom. The van der Waals surface area contributed by atoms with Crippen molar-refractivity contribution in [1.82, 2.24) is 0 Å². The molecule has 1 aliphatic rings. The SMILES string of the molecule is O=CC1=CC(OCc2ccccc2)CC(c2ccc(Cl)c(Cc3ccc(O)cc3)c2)O1. The van der Waals surface area contributed by atoms with Crippen molar-refractivity contribution < 1.29 is 19.4 Å². The number of ether oxygens (including phenoxy) is 2. The lowest BCUT2D eigenvalue weighted by molar-refractivity contribution is -0.110. The number of rotatable bonds is 7. The van der Waals surface area contributed by atoms with Gasteiger partial charge in [-0.1, -0.05) is 66.2 Å². The van der Waals surface area contributed by atoms with Crippen LogP contribution in [0, 0.1) is 0 Å². The molecule has 0 spiro atoms. The zero-order valence-corrected chi connectivity index (χ0v) is 17.7. The van der Waals surface area contributed by atoms with Gasteiger partial charge in [0.15, 0.2) is 12.0 Å². The van der Waals surface area contributed by atoms with E-state index in [2.05, 4.69) is 0 Å². The van der Waals surface area contributed by atoms with Gasteiger partial charge in [-0.25, -0.2) is 0 Å². The van der Waals surface area contributed by atoms with Crippen LogP contribution >= 0.6 is 11.6 Å². The van der Waals surface area contributed by atoms with E-state index in [9.17, 15) is 9.90 Å². The van der Waals surface area contributed by atoms with Gasteiger partial charge >= 0.3 is 0 Å². The molecule has 1 aliphatic heterocycles. The highest BCUT2D eigenvalue weighted by Crippen LogP contribution is 2.34. The Morgan fingerprint density at radius 3 is 2.55 bits per heavy atom. The van der Waals surface area contributed by atoms with Gasteiger partial charge in [0.25, 0.3) is 0 Å². The summed E-state index contributed by atoms with van der Waals surface area (Å²) in [6.45, 7) is 0.466. The number of phenolic OH excluding ortho intramolecular Hbond substituents is 1. The maximum absolute atomic E-state index is 11.5. The van der Waals surface area contributed by atoms with Crippen LogP contribution in [0.25, 0.3) is 0 Å². The molecule has 0 saturated heterocycles. The molecule has 1 heterocycles. The highest BCUT2D eigenvalue weighted by molar-refractivity contribution is 6.31. The summed E-state index contributed by atoms with van der Waals surface area (Å²) in [5.41, 5.74) is 4.02. The molecule has 5 heteroatoms. The minimum Gasteiger partial charge on any atom is -0.508 e. The molecule has 0 saturated carbocycles. The van der Waals surface area contributed by atoms with Gasteiger partial charge in [0.2, 0.25) is 0 Å². The van der Waals surface area contributed by atoms with Crippen LogP contribution in [0.5, 0.6) is 5.75 Å². The summed E-state index contributed by atoms with van der Waals surface area (Å²) in [5.74, 6) is 0.512. The van der Waals surface area contributed by atoms with Gasteiger partial charge in [-0.2, -0.15) is 0 Å². The predicted molar refractivity (Wildman–Crippen MR) is 120 cm³/mol. The fourth-order valence-electron chi connectivity index (χ4n) is 3.64. The first-order valence-corrected chi connectivity index (χ1v) is 10.5. The van der Waals surface area contributed by atoms with E-state index in [4.69, 9.17) is 21.1 Å². The van der Waals surface area contributed by atoms with Gasteiger partial charge in [0.05, 0.1) is 12.7 Å². The summed E-state index contributed by atoms with van der Waals surface area (Å²) < 4.78 is 12.0. The normalized spacial score (nSPS) is 18.2. The van der Waals surface area contributed by atoms with Crippen molar-refractivity contribution in [1.29, 1.82) is 0 Å². The molecule has 4 nitrogen and oxygen atoms in total. The van der Waals surface area contributed by atoms with E-state index in [0.717, 1.165) is 28.5 Å². The van der Waals surface area contributed by atoms with Gasteiger partial charge in [0.1, 0.15) is 11.9 Å². The lowest BCUT2D eigenvalue weighted by Crippen LogP contribution is -2.22. The molecule has 0 fully saturated rings. The minimum atomic E-state index is -0.304. The Hall–Kier alpha value is -3.08. The van der Waals surface area contributed by atoms with E-state index in [1.54, 1.807) is 18.2 Å². The summed E-state index contributed by atoms with van der Waals surface area (Å²) in [6, 6.07) is 22.8.